The van der Waals surface area contributed by atoms with Gasteiger partial charge in [-0.1, -0.05) is 83.7 Å². The zero-order chi connectivity index (χ0) is 31.6. The van der Waals surface area contributed by atoms with Gasteiger partial charge >= 0.3 is 0 Å². The van der Waals surface area contributed by atoms with E-state index in [1.54, 1.807) is 6.20 Å². The van der Waals surface area contributed by atoms with Crippen LogP contribution in [-0.4, -0.2) is 19.5 Å². The van der Waals surface area contributed by atoms with Crippen molar-refractivity contribution in [3.05, 3.63) is 170 Å². The SMILES string of the molecule is Cc1cncc2nc(-c3[c-]ccc4c3oc3cc(-c5ccccc5)ccc34)n(-c3ccccc3)c12.[Ir].[c-]1ccccc1-c1ccccn1. The van der Waals surface area contributed by atoms with Crippen LogP contribution in [0.4, 0.5) is 0 Å². The van der Waals surface area contributed by atoms with E-state index in [0.29, 0.717) is 0 Å². The van der Waals surface area contributed by atoms with Gasteiger partial charge < -0.3 is 14.0 Å². The summed E-state index contributed by atoms with van der Waals surface area (Å²) in [5, 5.41) is 2.13. The quantitative estimate of drug-likeness (QED) is 0.167. The van der Waals surface area contributed by atoms with Gasteiger partial charge in [-0.25, -0.2) is 0 Å². The Morgan fingerprint density at radius 2 is 1.48 bits per heavy atom. The van der Waals surface area contributed by atoms with E-state index in [2.05, 4.69) is 94.3 Å². The Hall–Kier alpha value is -5.68. The molecule has 0 bridgehead atoms. The maximum absolute atomic E-state index is 6.52. The number of fused-ring (bicyclic) bond motifs is 4. The van der Waals surface area contributed by atoms with Crippen LogP contribution in [0.2, 0.25) is 0 Å². The smallest absolute Gasteiger partial charge is 0.121 e. The first-order chi connectivity index (χ1) is 23.2. The number of nitrogens with zero attached hydrogens (tertiary/aromatic N) is 4. The van der Waals surface area contributed by atoms with Crippen molar-refractivity contribution in [2.75, 3.05) is 0 Å². The molecule has 5 aromatic carbocycles. The Labute approximate surface area is 291 Å². The van der Waals surface area contributed by atoms with Gasteiger partial charge in [0.2, 0.25) is 0 Å². The third kappa shape index (κ3) is 5.84. The van der Waals surface area contributed by atoms with Crippen LogP contribution in [0.1, 0.15) is 5.56 Å². The number of para-hydroxylation sites is 1. The van der Waals surface area contributed by atoms with Gasteiger partial charge in [0.15, 0.2) is 0 Å². The molecule has 9 aromatic rings. The molecule has 0 N–H and O–H groups in total. The third-order valence-corrected chi connectivity index (χ3v) is 8.17. The molecule has 0 amide bonds. The van der Waals surface area contributed by atoms with Crippen LogP contribution in [0.15, 0.2) is 156 Å². The van der Waals surface area contributed by atoms with Crippen LogP contribution in [0.5, 0.6) is 0 Å². The number of hydrogen-bond acceptors (Lipinski definition) is 4. The summed E-state index contributed by atoms with van der Waals surface area (Å²) in [4.78, 5) is 13.6. The molecule has 0 aliphatic heterocycles. The van der Waals surface area contributed by atoms with Gasteiger partial charge in [0, 0.05) is 43.6 Å². The van der Waals surface area contributed by atoms with Crippen LogP contribution < -0.4 is 0 Å². The maximum Gasteiger partial charge on any atom is 0.121 e. The minimum absolute atomic E-state index is 0. The van der Waals surface area contributed by atoms with Crippen LogP contribution in [0, 0.1) is 19.1 Å². The second-order valence-electron chi connectivity index (χ2n) is 11.2. The number of pyridine rings is 2. The van der Waals surface area contributed by atoms with Gasteiger partial charge in [0.1, 0.15) is 5.58 Å². The molecule has 233 valence electrons. The molecule has 1 radical (unpaired) electrons. The fourth-order valence-electron chi connectivity index (χ4n) is 5.98. The van der Waals surface area contributed by atoms with Crippen molar-refractivity contribution in [3.63, 3.8) is 0 Å². The molecular formula is C42H28IrN4O-2. The number of furan rings is 1. The Kier molecular flexibility index (Phi) is 8.76. The third-order valence-electron chi connectivity index (χ3n) is 8.17. The Morgan fingerprint density at radius 1 is 0.688 bits per heavy atom. The summed E-state index contributed by atoms with van der Waals surface area (Å²) in [5.74, 6) is 0.787. The number of benzene rings is 5. The second kappa shape index (κ2) is 13.6. The molecule has 9 rings (SSSR count). The van der Waals surface area contributed by atoms with E-state index in [-0.39, 0.29) is 20.1 Å². The van der Waals surface area contributed by atoms with Crippen molar-refractivity contribution in [2.45, 2.75) is 6.92 Å². The zero-order valence-corrected chi connectivity index (χ0v) is 28.4. The molecule has 0 aliphatic rings. The minimum Gasteiger partial charge on any atom is -0.501 e. The maximum atomic E-state index is 6.52. The number of aryl methyl sites for hydroxylation is 1. The number of rotatable bonds is 4. The monoisotopic (exact) mass is 797 g/mol. The first kappa shape index (κ1) is 30.9. The van der Waals surface area contributed by atoms with Gasteiger partial charge in [-0.05, 0) is 53.6 Å². The summed E-state index contributed by atoms with van der Waals surface area (Å²) in [6.07, 6.45) is 5.48. The predicted molar refractivity (Wildman–Crippen MR) is 189 cm³/mol. The van der Waals surface area contributed by atoms with Gasteiger partial charge in [0.25, 0.3) is 0 Å². The van der Waals surface area contributed by atoms with E-state index in [1.807, 2.05) is 85.2 Å². The molecular weight excluding hydrogens is 769 g/mol. The largest absolute Gasteiger partial charge is 0.501 e. The fourth-order valence-corrected chi connectivity index (χ4v) is 5.98. The van der Waals surface area contributed by atoms with Gasteiger partial charge in [-0.15, -0.1) is 54.1 Å². The average molecular weight is 797 g/mol. The standard InChI is InChI=1S/C31H20N3O.C11H8N.Ir/c1-20-18-32-19-27-29(20)34(23-11-6-3-7-12-23)31(33-27)26-14-8-13-25-24-16-15-22(17-28(24)35-30(25)26)21-9-4-2-5-10-21;1-2-6-10(7-3-1)11-8-4-5-9-12-11;/h2-13,15-19H,1H3;1-6,8-9H;/q2*-1;. The summed E-state index contributed by atoms with van der Waals surface area (Å²) in [6.45, 7) is 2.07. The molecule has 4 heterocycles. The Balaban J connectivity index is 0.000000237. The van der Waals surface area contributed by atoms with E-state index in [9.17, 15) is 0 Å². The molecule has 0 spiro atoms. The number of aromatic nitrogens is 4. The number of hydrogen-bond donors (Lipinski definition) is 0. The van der Waals surface area contributed by atoms with Crippen LogP contribution in [0.25, 0.3) is 72.4 Å². The minimum atomic E-state index is 0. The normalized spacial score (nSPS) is 10.9. The molecule has 0 unspecified atom stereocenters. The van der Waals surface area contributed by atoms with Gasteiger partial charge in [-0.3, -0.25) is 9.97 Å². The molecule has 0 atom stereocenters. The first-order valence-electron chi connectivity index (χ1n) is 15.4. The molecule has 0 saturated heterocycles. The van der Waals surface area contributed by atoms with E-state index < -0.39 is 0 Å². The summed E-state index contributed by atoms with van der Waals surface area (Å²) in [7, 11) is 0. The predicted octanol–water partition coefficient (Wildman–Crippen LogP) is 10.3. The molecule has 0 saturated carbocycles. The van der Waals surface area contributed by atoms with E-state index in [0.717, 1.165) is 78.0 Å². The van der Waals surface area contributed by atoms with Crippen LogP contribution in [-0.2, 0) is 20.1 Å². The molecule has 5 nitrogen and oxygen atoms in total. The molecule has 6 heteroatoms. The Morgan fingerprint density at radius 3 is 2.25 bits per heavy atom. The first-order valence-corrected chi connectivity index (χ1v) is 15.4. The summed E-state index contributed by atoms with van der Waals surface area (Å²) >= 11 is 0. The van der Waals surface area contributed by atoms with Crippen molar-refractivity contribution in [3.8, 4) is 39.5 Å². The average Bonchev–Trinajstić information content (AvgIpc) is 3.73. The summed E-state index contributed by atoms with van der Waals surface area (Å²) < 4.78 is 8.70. The van der Waals surface area contributed by atoms with Crippen molar-refractivity contribution >= 4 is 33.0 Å². The fraction of sp³-hybridized carbons (Fsp3) is 0.0238. The van der Waals surface area contributed by atoms with Gasteiger partial charge in [-0.2, -0.15) is 0 Å². The van der Waals surface area contributed by atoms with Gasteiger partial charge in [0.05, 0.1) is 28.6 Å². The van der Waals surface area contributed by atoms with Crippen LogP contribution in [0.3, 0.4) is 0 Å². The van der Waals surface area contributed by atoms with Crippen molar-refractivity contribution in [1.29, 1.82) is 0 Å². The topological polar surface area (TPSA) is 56.7 Å². The second-order valence-corrected chi connectivity index (χ2v) is 11.2. The van der Waals surface area contributed by atoms with E-state index in [1.165, 1.54) is 0 Å². The molecule has 0 fully saturated rings. The van der Waals surface area contributed by atoms with Crippen LogP contribution >= 0.6 is 0 Å². The Bertz CT molecular complexity index is 2420. The molecule has 4 aromatic heterocycles. The number of imidazole rings is 1. The van der Waals surface area contributed by atoms with E-state index in [4.69, 9.17) is 9.40 Å². The summed E-state index contributed by atoms with van der Waals surface area (Å²) in [5.41, 5.74) is 10.7. The van der Waals surface area contributed by atoms with Crippen molar-refractivity contribution < 1.29 is 24.5 Å². The van der Waals surface area contributed by atoms with E-state index >= 15 is 0 Å². The zero-order valence-electron chi connectivity index (χ0n) is 26.0. The van der Waals surface area contributed by atoms with Crippen molar-refractivity contribution in [1.82, 2.24) is 19.5 Å². The molecule has 0 aliphatic carbocycles. The van der Waals surface area contributed by atoms with Crippen molar-refractivity contribution in [2.24, 2.45) is 0 Å². The molecule has 48 heavy (non-hydrogen) atoms. The summed E-state index contributed by atoms with van der Waals surface area (Å²) in [6, 6.07) is 51.3.